The smallest absolute Gasteiger partial charge is 0.238 e. The lowest BCUT2D eigenvalue weighted by Crippen LogP contribution is -2.35. The van der Waals surface area contributed by atoms with E-state index in [9.17, 15) is 13.2 Å². The Morgan fingerprint density at radius 2 is 1.79 bits per heavy atom. The van der Waals surface area contributed by atoms with Crippen LogP contribution in [-0.2, 0) is 26.4 Å². The van der Waals surface area contributed by atoms with Gasteiger partial charge in [-0.05, 0) is 12.8 Å². The number of nitrogens with one attached hydrogen (secondary N) is 1. The normalized spacial score (nSPS) is 14.4. The molecule has 1 amide bonds. The van der Waals surface area contributed by atoms with Crippen LogP contribution in [-0.4, -0.2) is 37.3 Å². The maximum absolute atomic E-state index is 11.8. The molecular weight excluding hydrogens is 284 g/mol. The van der Waals surface area contributed by atoms with Gasteiger partial charge in [-0.25, -0.2) is 0 Å². The summed E-state index contributed by atoms with van der Waals surface area (Å²) in [5, 5.41) is 10.5. The summed E-state index contributed by atoms with van der Waals surface area (Å²) in [4.78, 5) is 11.5. The molecule has 7 heteroatoms. The van der Waals surface area contributed by atoms with Crippen LogP contribution >= 0.6 is 0 Å². The third kappa shape index (κ3) is 8.11. The maximum atomic E-state index is 11.8. The highest BCUT2D eigenvalue weighted by molar-refractivity contribution is 7.85. The molecule has 0 rings (SSSR count). The Kier molecular flexibility index (Phi) is 8.85. The van der Waals surface area contributed by atoms with Crippen LogP contribution in [0.15, 0.2) is 0 Å². The number of nitrogens with zero attached hydrogens (tertiary/aromatic N) is 1. The zero-order valence-corrected chi connectivity index (χ0v) is 13.4. The molecule has 0 radical (unpaired) electrons. The summed E-state index contributed by atoms with van der Waals surface area (Å²) >= 11 is 0. The van der Waals surface area contributed by atoms with Crippen molar-refractivity contribution in [3.63, 3.8) is 0 Å². The Bertz CT molecular complexity index is 389. The van der Waals surface area contributed by atoms with E-state index in [2.05, 4.69) is 5.32 Å². The first-order valence-electron chi connectivity index (χ1n) is 6.23. The van der Waals surface area contributed by atoms with Crippen molar-refractivity contribution < 1.29 is 13.2 Å². The van der Waals surface area contributed by atoms with Crippen molar-refractivity contribution in [2.45, 2.75) is 33.6 Å². The number of carbonyl (C=O) groups is 1. The van der Waals surface area contributed by atoms with Gasteiger partial charge in [0.05, 0.1) is 0 Å². The summed E-state index contributed by atoms with van der Waals surface area (Å²) in [7, 11) is -1.81. The van der Waals surface area contributed by atoms with Crippen molar-refractivity contribution in [1.29, 1.82) is 5.26 Å². The predicted molar refractivity (Wildman–Crippen MR) is 78.2 cm³/mol. The van der Waals surface area contributed by atoms with Gasteiger partial charge in [-0.2, -0.15) is 5.26 Å². The zero-order chi connectivity index (χ0) is 14.9. The van der Waals surface area contributed by atoms with E-state index in [0.29, 0.717) is 35.9 Å². The fourth-order valence-electron chi connectivity index (χ4n) is 1.33. The van der Waals surface area contributed by atoms with Crippen LogP contribution in [0.5, 0.6) is 0 Å². The lowest BCUT2D eigenvalue weighted by Gasteiger charge is -2.21. The van der Waals surface area contributed by atoms with Gasteiger partial charge in [-0.15, -0.1) is 0 Å². The summed E-state index contributed by atoms with van der Waals surface area (Å²) in [6.07, 6.45) is 2.75. The number of rotatable bonds is 9. The van der Waals surface area contributed by atoms with Crippen molar-refractivity contribution >= 4 is 27.5 Å². The van der Waals surface area contributed by atoms with Crippen LogP contribution in [0.2, 0.25) is 0 Å². The van der Waals surface area contributed by atoms with Gasteiger partial charge < -0.3 is 0 Å². The molecule has 0 aromatic heterocycles. The first kappa shape index (κ1) is 18.3. The molecule has 0 aliphatic heterocycles. The van der Waals surface area contributed by atoms with Gasteiger partial charge in [0, 0.05) is 50.0 Å². The second-order valence-corrected chi connectivity index (χ2v) is 8.40. The van der Waals surface area contributed by atoms with E-state index in [0.717, 1.165) is 0 Å². The van der Waals surface area contributed by atoms with E-state index in [1.165, 1.54) is 0 Å². The molecule has 0 aromatic rings. The number of amides is 1. The Labute approximate surface area is 120 Å². The summed E-state index contributed by atoms with van der Waals surface area (Å²) < 4.78 is 23.0. The number of hydrogen-bond donors (Lipinski definition) is 1. The zero-order valence-electron chi connectivity index (χ0n) is 11.7. The van der Waals surface area contributed by atoms with E-state index >= 15 is 0 Å². The van der Waals surface area contributed by atoms with E-state index in [-0.39, 0.29) is 5.91 Å². The first-order valence-corrected chi connectivity index (χ1v) is 9.20. The minimum absolute atomic E-state index is 0.348. The average Bonchev–Trinajstić information content (AvgIpc) is 2.36. The monoisotopic (exact) mass is 306 g/mol. The molecule has 0 saturated carbocycles. The third-order valence-electron chi connectivity index (χ3n) is 2.80. The molecule has 0 fully saturated rings. The molecule has 2 unspecified atom stereocenters. The van der Waals surface area contributed by atoms with Gasteiger partial charge in [0.2, 0.25) is 5.91 Å². The van der Waals surface area contributed by atoms with Crippen LogP contribution in [0, 0.1) is 16.9 Å². The minimum Gasteiger partial charge on any atom is -0.273 e. The summed E-state index contributed by atoms with van der Waals surface area (Å²) in [6.45, 7) is 5.31. The lowest BCUT2D eigenvalue weighted by atomic mass is 9.89. The number of carbonyl (C=O) groups excluding carboxylic acids is 1. The third-order valence-corrected chi connectivity index (χ3v) is 5.60. The fraction of sp³-hybridized carbons (Fsp3) is 0.833. The second kappa shape index (κ2) is 9.21. The molecule has 0 aromatic carbocycles. The van der Waals surface area contributed by atoms with Crippen LogP contribution in [0.4, 0.5) is 0 Å². The molecule has 110 valence electrons. The van der Waals surface area contributed by atoms with E-state index in [1.54, 1.807) is 20.0 Å². The number of nitriles is 1. The molecule has 0 heterocycles. The molecule has 2 atom stereocenters. The maximum Gasteiger partial charge on any atom is 0.238 e. The second-order valence-electron chi connectivity index (χ2n) is 4.83. The van der Waals surface area contributed by atoms with Crippen molar-refractivity contribution in [2.24, 2.45) is 5.41 Å². The summed E-state index contributed by atoms with van der Waals surface area (Å²) in [5.41, 5.74) is -0.697. The summed E-state index contributed by atoms with van der Waals surface area (Å²) in [5.74, 6) is 1.81. The molecule has 0 aliphatic rings. The Balaban J connectivity index is 3.99. The summed E-state index contributed by atoms with van der Waals surface area (Å²) in [6, 6.07) is 0. The van der Waals surface area contributed by atoms with Crippen LogP contribution in [0.3, 0.4) is 0 Å². The van der Waals surface area contributed by atoms with Gasteiger partial charge in [-0.1, -0.05) is 20.8 Å². The number of hydrogen-bond acceptors (Lipinski definition) is 4. The fourth-order valence-corrected chi connectivity index (χ4v) is 3.68. The first-order chi connectivity index (χ1) is 8.83. The minimum atomic E-state index is -1.00. The van der Waals surface area contributed by atoms with Crippen LogP contribution in [0.25, 0.3) is 0 Å². The molecule has 5 nitrogen and oxygen atoms in total. The quantitative estimate of drug-likeness (QED) is 0.506. The molecular formula is C12H22N2O3S2. The van der Waals surface area contributed by atoms with Crippen molar-refractivity contribution in [2.75, 3.05) is 23.0 Å². The van der Waals surface area contributed by atoms with Gasteiger partial charge in [-0.3, -0.25) is 18.5 Å². The van der Waals surface area contributed by atoms with E-state index in [1.807, 2.05) is 6.92 Å². The lowest BCUT2D eigenvalue weighted by molar-refractivity contribution is -0.128. The largest absolute Gasteiger partial charge is 0.273 e. The van der Waals surface area contributed by atoms with Gasteiger partial charge in [0.15, 0.2) is 6.19 Å². The Hall–Kier alpha value is -0.740. The van der Waals surface area contributed by atoms with Crippen molar-refractivity contribution in [3.8, 4) is 6.19 Å². The van der Waals surface area contributed by atoms with Gasteiger partial charge in [0.1, 0.15) is 0 Å². The highest BCUT2D eigenvalue weighted by Gasteiger charge is 2.27. The SMILES string of the molecule is CCS(=O)CCCS(=O)CCC(C)(C)C(=O)NC#N. The van der Waals surface area contributed by atoms with Crippen LogP contribution in [0.1, 0.15) is 33.6 Å². The van der Waals surface area contributed by atoms with Crippen molar-refractivity contribution in [3.05, 3.63) is 0 Å². The highest BCUT2D eigenvalue weighted by atomic mass is 32.2. The van der Waals surface area contributed by atoms with Crippen LogP contribution < -0.4 is 5.32 Å². The molecule has 0 spiro atoms. The van der Waals surface area contributed by atoms with E-state index < -0.39 is 27.0 Å². The Morgan fingerprint density at radius 3 is 2.32 bits per heavy atom. The van der Waals surface area contributed by atoms with Gasteiger partial charge >= 0.3 is 0 Å². The standard InChI is InChI=1S/C12H22N2O3S2/c1-4-18(16)7-5-8-19(17)9-6-12(2,3)11(15)14-10-13/h4-9H2,1-3H3,(H,14,15). The average molecular weight is 306 g/mol. The predicted octanol–water partition coefficient (Wildman–Crippen LogP) is 0.907. The van der Waals surface area contributed by atoms with Crippen molar-refractivity contribution in [1.82, 2.24) is 5.32 Å². The highest BCUT2D eigenvalue weighted by Crippen LogP contribution is 2.20. The molecule has 19 heavy (non-hydrogen) atoms. The van der Waals surface area contributed by atoms with Gasteiger partial charge in [0.25, 0.3) is 0 Å². The molecule has 1 N–H and O–H groups in total. The Morgan fingerprint density at radius 1 is 1.21 bits per heavy atom. The molecule has 0 bridgehead atoms. The molecule has 0 aliphatic carbocycles. The topological polar surface area (TPSA) is 87.0 Å². The van der Waals surface area contributed by atoms with E-state index in [4.69, 9.17) is 5.26 Å². The molecule has 0 saturated heterocycles.